The molecule has 1 amide bonds. The van der Waals surface area contributed by atoms with E-state index in [1.165, 1.54) is 6.33 Å². The topological polar surface area (TPSA) is 108 Å². The Morgan fingerprint density at radius 3 is 2.70 bits per heavy atom. The van der Waals surface area contributed by atoms with E-state index in [4.69, 9.17) is 0 Å². The van der Waals surface area contributed by atoms with Gasteiger partial charge in [-0.25, -0.2) is 4.98 Å². The normalized spacial score (nSPS) is 28.9. The molecule has 3 unspecified atom stereocenters. The smallest absolute Gasteiger partial charge is 0.307 e. The van der Waals surface area contributed by atoms with Crippen LogP contribution in [0.5, 0.6) is 0 Å². The molecule has 0 bridgehead atoms. The summed E-state index contributed by atoms with van der Waals surface area (Å²) in [6.07, 6.45) is 2.50. The van der Waals surface area contributed by atoms with Crippen LogP contribution in [0.3, 0.4) is 0 Å². The molecule has 3 atom stereocenters. The number of amides is 1. The quantitative estimate of drug-likeness (QED) is 0.767. The molecule has 1 aromatic rings. The Hall–Kier alpha value is -1.92. The van der Waals surface area contributed by atoms with Crippen molar-refractivity contribution >= 4 is 11.9 Å². The van der Waals surface area contributed by atoms with Gasteiger partial charge in [-0.2, -0.15) is 5.10 Å². The summed E-state index contributed by atoms with van der Waals surface area (Å²) in [6, 6.07) is -0.0572. The number of nitrogens with zero attached hydrogens (tertiary/aromatic N) is 2. The predicted octanol–water partition coefficient (Wildman–Crippen LogP) is 1.06. The maximum absolute atomic E-state index is 12.0. The Labute approximate surface area is 117 Å². The summed E-state index contributed by atoms with van der Waals surface area (Å²) < 4.78 is 0. The van der Waals surface area contributed by atoms with Crippen molar-refractivity contribution in [2.45, 2.75) is 39.7 Å². The van der Waals surface area contributed by atoms with Crippen molar-refractivity contribution in [1.82, 2.24) is 20.5 Å². The number of nitrogens with one attached hydrogen (secondary N) is 2. The van der Waals surface area contributed by atoms with Crippen LogP contribution in [0.4, 0.5) is 0 Å². The molecule has 1 fully saturated rings. The van der Waals surface area contributed by atoms with Crippen LogP contribution < -0.4 is 5.32 Å². The molecule has 1 aliphatic rings. The van der Waals surface area contributed by atoms with Crippen molar-refractivity contribution in [3.8, 4) is 0 Å². The van der Waals surface area contributed by atoms with Gasteiger partial charge in [0.15, 0.2) is 0 Å². The van der Waals surface area contributed by atoms with Crippen LogP contribution in [0.1, 0.15) is 44.2 Å². The molecule has 1 aliphatic carbocycles. The number of carbonyl (C=O) groups excluding carboxylic acids is 1. The lowest BCUT2D eigenvalue weighted by Crippen LogP contribution is -2.52. The predicted molar refractivity (Wildman–Crippen MR) is 70.9 cm³/mol. The van der Waals surface area contributed by atoms with Crippen LogP contribution in [-0.4, -0.2) is 38.2 Å². The van der Waals surface area contributed by atoms with Gasteiger partial charge in [-0.1, -0.05) is 20.8 Å². The number of aromatic amines is 1. The second-order valence-corrected chi connectivity index (χ2v) is 5.99. The summed E-state index contributed by atoms with van der Waals surface area (Å²) >= 11 is 0. The molecule has 3 N–H and O–H groups in total. The number of hydrogen-bond acceptors (Lipinski definition) is 4. The van der Waals surface area contributed by atoms with Gasteiger partial charge >= 0.3 is 5.97 Å². The molecular weight excluding hydrogens is 260 g/mol. The molecule has 20 heavy (non-hydrogen) atoms. The summed E-state index contributed by atoms with van der Waals surface area (Å²) in [4.78, 5) is 27.1. The second kappa shape index (κ2) is 5.22. The van der Waals surface area contributed by atoms with E-state index >= 15 is 0 Å². The fraction of sp³-hybridized carbons (Fsp3) is 0.692. The van der Waals surface area contributed by atoms with Crippen molar-refractivity contribution in [1.29, 1.82) is 0 Å². The van der Waals surface area contributed by atoms with E-state index in [1.807, 2.05) is 20.8 Å². The number of H-pyrrole nitrogens is 1. The number of carboxylic acids is 1. The van der Waals surface area contributed by atoms with Gasteiger partial charge < -0.3 is 10.4 Å². The molecule has 1 saturated carbocycles. The monoisotopic (exact) mass is 280 g/mol. The SMILES string of the molecule is CC1C(NC(=O)c2ncn[nH]2)CCC(C(=O)O)C1(C)C. The Kier molecular flexibility index (Phi) is 3.78. The minimum Gasteiger partial charge on any atom is -0.481 e. The minimum absolute atomic E-state index is 0.0572. The Morgan fingerprint density at radius 2 is 2.15 bits per heavy atom. The molecule has 7 heteroatoms. The number of carbonyl (C=O) groups is 2. The van der Waals surface area contributed by atoms with Crippen molar-refractivity contribution in [2.24, 2.45) is 17.3 Å². The Bertz CT molecular complexity index is 498. The first-order chi connectivity index (χ1) is 9.34. The van der Waals surface area contributed by atoms with E-state index in [-0.39, 0.29) is 35.0 Å². The van der Waals surface area contributed by atoms with Crippen LogP contribution in [0.15, 0.2) is 6.33 Å². The van der Waals surface area contributed by atoms with Gasteiger partial charge in [0.25, 0.3) is 5.91 Å². The lowest BCUT2D eigenvalue weighted by molar-refractivity contribution is -0.150. The van der Waals surface area contributed by atoms with Gasteiger partial charge in [-0.3, -0.25) is 14.7 Å². The molecule has 110 valence electrons. The van der Waals surface area contributed by atoms with Crippen LogP contribution in [-0.2, 0) is 4.79 Å². The number of aromatic nitrogens is 3. The largest absolute Gasteiger partial charge is 0.481 e. The van der Waals surface area contributed by atoms with Gasteiger partial charge in [-0.15, -0.1) is 0 Å². The van der Waals surface area contributed by atoms with E-state index in [1.54, 1.807) is 0 Å². The molecule has 1 aromatic heterocycles. The van der Waals surface area contributed by atoms with E-state index in [0.717, 1.165) is 0 Å². The van der Waals surface area contributed by atoms with E-state index in [0.29, 0.717) is 12.8 Å². The summed E-state index contributed by atoms with van der Waals surface area (Å²) in [5, 5.41) is 18.4. The highest BCUT2D eigenvalue weighted by Crippen LogP contribution is 2.45. The maximum Gasteiger partial charge on any atom is 0.307 e. The van der Waals surface area contributed by atoms with Crippen LogP contribution >= 0.6 is 0 Å². The fourth-order valence-electron chi connectivity index (χ4n) is 2.99. The van der Waals surface area contributed by atoms with E-state index in [9.17, 15) is 14.7 Å². The fourth-order valence-corrected chi connectivity index (χ4v) is 2.99. The molecule has 2 rings (SSSR count). The lowest BCUT2D eigenvalue weighted by atomic mass is 9.61. The number of rotatable bonds is 3. The highest BCUT2D eigenvalue weighted by atomic mass is 16.4. The number of carboxylic acid groups (broad SMARTS) is 1. The zero-order valence-corrected chi connectivity index (χ0v) is 11.9. The van der Waals surface area contributed by atoms with E-state index < -0.39 is 5.97 Å². The average Bonchev–Trinajstić information content (AvgIpc) is 2.88. The van der Waals surface area contributed by atoms with Gasteiger partial charge in [0.1, 0.15) is 6.33 Å². The van der Waals surface area contributed by atoms with Gasteiger partial charge in [0.05, 0.1) is 5.92 Å². The Morgan fingerprint density at radius 1 is 1.45 bits per heavy atom. The first-order valence-electron chi connectivity index (χ1n) is 6.73. The molecular formula is C13H20N4O3. The molecule has 0 aliphatic heterocycles. The van der Waals surface area contributed by atoms with Crippen LogP contribution in [0.25, 0.3) is 0 Å². The Balaban J connectivity index is 2.08. The molecule has 0 aromatic carbocycles. The van der Waals surface area contributed by atoms with Gasteiger partial charge in [0.2, 0.25) is 5.82 Å². The zero-order valence-electron chi connectivity index (χ0n) is 11.9. The molecule has 0 radical (unpaired) electrons. The summed E-state index contributed by atoms with van der Waals surface area (Å²) in [7, 11) is 0. The third kappa shape index (κ3) is 2.52. The molecule has 7 nitrogen and oxygen atoms in total. The maximum atomic E-state index is 12.0. The van der Waals surface area contributed by atoms with Crippen LogP contribution in [0.2, 0.25) is 0 Å². The lowest BCUT2D eigenvalue weighted by Gasteiger charge is -2.46. The first-order valence-corrected chi connectivity index (χ1v) is 6.73. The highest BCUT2D eigenvalue weighted by molar-refractivity contribution is 5.90. The van der Waals surface area contributed by atoms with Gasteiger partial charge in [-0.05, 0) is 24.2 Å². The summed E-state index contributed by atoms with van der Waals surface area (Å²) in [5.74, 6) is -1.21. The number of hydrogen-bond donors (Lipinski definition) is 3. The third-order valence-electron chi connectivity index (χ3n) is 4.69. The zero-order chi connectivity index (χ0) is 14.9. The van der Waals surface area contributed by atoms with Crippen LogP contribution in [0, 0.1) is 17.3 Å². The van der Waals surface area contributed by atoms with E-state index in [2.05, 4.69) is 20.5 Å². The average molecular weight is 280 g/mol. The van der Waals surface area contributed by atoms with Crippen molar-refractivity contribution < 1.29 is 14.7 Å². The second-order valence-electron chi connectivity index (χ2n) is 5.99. The van der Waals surface area contributed by atoms with Crippen molar-refractivity contribution in [3.05, 3.63) is 12.2 Å². The standard InChI is InChI=1S/C13H20N4O3/c1-7-9(16-11(18)10-14-6-15-17-10)5-4-8(12(19)20)13(7,2)3/h6-9H,4-5H2,1-3H3,(H,16,18)(H,19,20)(H,14,15,17). The first kappa shape index (κ1) is 14.5. The van der Waals surface area contributed by atoms with Gasteiger partial charge in [0, 0.05) is 6.04 Å². The molecule has 0 saturated heterocycles. The molecule has 1 heterocycles. The molecule has 0 spiro atoms. The van der Waals surface area contributed by atoms with Crippen molar-refractivity contribution in [2.75, 3.05) is 0 Å². The highest BCUT2D eigenvalue weighted by Gasteiger charge is 2.46. The summed E-state index contributed by atoms with van der Waals surface area (Å²) in [6.45, 7) is 5.88. The summed E-state index contributed by atoms with van der Waals surface area (Å²) in [5.41, 5.74) is -0.372. The number of aliphatic carboxylic acids is 1. The third-order valence-corrected chi connectivity index (χ3v) is 4.69. The van der Waals surface area contributed by atoms with Crippen molar-refractivity contribution in [3.63, 3.8) is 0 Å². The minimum atomic E-state index is -0.762.